The second-order valence-corrected chi connectivity index (χ2v) is 6.21. The predicted molar refractivity (Wildman–Crippen MR) is 101 cm³/mol. The van der Waals surface area contributed by atoms with Crippen molar-refractivity contribution in [2.45, 2.75) is 13.8 Å². The molecule has 0 fully saturated rings. The zero-order chi connectivity index (χ0) is 20.1. The van der Waals surface area contributed by atoms with Crippen LogP contribution in [0, 0.1) is 13.8 Å². The van der Waals surface area contributed by atoms with Crippen LogP contribution >= 0.6 is 0 Å². The number of hydrogen-bond donors (Lipinski definition) is 2. The molecule has 148 valence electrons. The van der Waals surface area contributed by atoms with E-state index >= 15 is 0 Å². The van der Waals surface area contributed by atoms with E-state index in [4.69, 9.17) is 18.9 Å². The van der Waals surface area contributed by atoms with Crippen molar-refractivity contribution in [1.82, 2.24) is 10.9 Å². The van der Waals surface area contributed by atoms with E-state index in [1.54, 1.807) is 0 Å². The van der Waals surface area contributed by atoms with Gasteiger partial charge in [-0.05, 0) is 37.1 Å². The lowest BCUT2D eigenvalue weighted by Gasteiger charge is -2.21. The average Bonchev–Trinajstić information content (AvgIpc) is 2.70. The Hall–Kier alpha value is -3.42. The minimum Gasteiger partial charge on any atom is -0.493 e. The van der Waals surface area contributed by atoms with Crippen LogP contribution in [0.4, 0.5) is 0 Å². The summed E-state index contributed by atoms with van der Waals surface area (Å²) < 4.78 is 21.8. The van der Waals surface area contributed by atoms with Gasteiger partial charge in [0.1, 0.15) is 19.0 Å². The summed E-state index contributed by atoms with van der Waals surface area (Å²) in [5.41, 5.74) is 6.81. The molecule has 0 saturated heterocycles. The Labute approximate surface area is 162 Å². The highest BCUT2D eigenvalue weighted by atomic mass is 16.6. The molecule has 2 N–H and O–H groups in total. The lowest BCUT2D eigenvalue weighted by molar-refractivity contribution is -0.123. The molecular formula is C20H22N2O6. The number of rotatable bonds is 5. The first kappa shape index (κ1) is 19.3. The second-order valence-electron chi connectivity index (χ2n) is 6.21. The quantitative estimate of drug-likeness (QED) is 0.763. The summed E-state index contributed by atoms with van der Waals surface area (Å²) >= 11 is 0. The van der Waals surface area contributed by atoms with E-state index < -0.39 is 11.8 Å². The predicted octanol–water partition coefficient (Wildman–Crippen LogP) is 1.92. The Bertz CT molecular complexity index is 859. The number of para-hydroxylation sites is 1. The number of benzene rings is 2. The first-order chi connectivity index (χ1) is 13.5. The van der Waals surface area contributed by atoms with Crippen molar-refractivity contribution in [2.24, 2.45) is 0 Å². The standard InChI is InChI=1S/C20H22N2O6/c1-12-5-4-6-13(2)18(12)28-11-17(23)21-22-20(24)14-9-15(25-3)19-16(10-14)26-7-8-27-19/h4-6,9-10H,7-8,11H2,1-3H3,(H,21,23)(H,22,24). The van der Waals surface area contributed by atoms with Gasteiger partial charge < -0.3 is 18.9 Å². The van der Waals surface area contributed by atoms with Gasteiger partial charge in [0.15, 0.2) is 18.1 Å². The number of carbonyl (C=O) groups is 2. The smallest absolute Gasteiger partial charge is 0.276 e. The Morgan fingerprint density at radius 2 is 1.79 bits per heavy atom. The van der Waals surface area contributed by atoms with Crippen LogP contribution in [0.5, 0.6) is 23.0 Å². The highest BCUT2D eigenvalue weighted by Gasteiger charge is 2.21. The van der Waals surface area contributed by atoms with Crippen LogP contribution in [-0.2, 0) is 4.79 Å². The molecule has 0 radical (unpaired) electrons. The molecule has 28 heavy (non-hydrogen) atoms. The maximum absolute atomic E-state index is 12.4. The van der Waals surface area contributed by atoms with Crippen LogP contribution in [0.2, 0.25) is 0 Å². The van der Waals surface area contributed by atoms with E-state index in [-0.39, 0.29) is 12.2 Å². The van der Waals surface area contributed by atoms with Crippen molar-refractivity contribution in [1.29, 1.82) is 0 Å². The molecule has 1 aliphatic heterocycles. The Balaban J connectivity index is 1.59. The van der Waals surface area contributed by atoms with E-state index in [1.807, 2.05) is 32.0 Å². The number of hydrazine groups is 1. The summed E-state index contributed by atoms with van der Waals surface area (Å²) in [5, 5.41) is 0. The van der Waals surface area contributed by atoms with Crippen molar-refractivity contribution in [3.05, 3.63) is 47.0 Å². The zero-order valence-electron chi connectivity index (χ0n) is 16.0. The molecule has 0 spiro atoms. The van der Waals surface area contributed by atoms with Gasteiger partial charge in [-0.2, -0.15) is 0 Å². The van der Waals surface area contributed by atoms with Gasteiger partial charge in [0.25, 0.3) is 11.8 Å². The Morgan fingerprint density at radius 1 is 1.07 bits per heavy atom. The first-order valence-corrected chi connectivity index (χ1v) is 8.75. The highest BCUT2D eigenvalue weighted by molar-refractivity contribution is 5.96. The van der Waals surface area contributed by atoms with E-state index in [0.717, 1.165) is 11.1 Å². The minimum atomic E-state index is -0.518. The number of amides is 2. The molecule has 2 aromatic carbocycles. The van der Waals surface area contributed by atoms with Crippen molar-refractivity contribution >= 4 is 11.8 Å². The molecule has 0 atom stereocenters. The van der Waals surface area contributed by atoms with Crippen molar-refractivity contribution in [2.75, 3.05) is 26.9 Å². The summed E-state index contributed by atoms with van der Waals surface area (Å²) in [7, 11) is 1.47. The topological polar surface area (TPSA) is 95.1 Å². The number of ether oxygens (including phenoxy) is 4. The molecule has 0 saturated carbocycles. The number of hydrogen-bond acceptors (Lipinski definition) is 6. The van der Waals surface area contributed by atoms with Gasteiger partial charge in [-0.1, -0.05) is 18.2 Å². The number of carbonyl (C=O) groups excluding carboxylic acids is 2. The molecular weight excluding hydrogens is 364 g/mol. The fourth-order valence-electron chi connectivity index (χ4n) is 2.80. The van der Waals surface area contributed by atoms with Crippen LogP contribution in [0.3, 0.4) is 0 Å². The molecule has 3 rings (SSSR count). The number of fused-ring (bicyclic) bond motifs is 1. The van der Waals surface area contributed by atoms with Crippen LogP contribution in [-0.4, -0.2) is 38.7 Å². The lowest BCUT2D eigenvalue weighted by Crippen LogP contribution is -2.43. The van der Waals surface area contributed by atoms with Gasteiger partial charge in [-0.3, -0.25) is 20.4 Å². The first-order valence-electron chi connectivity index (χ1n) is 8.75. The molecule has 2 aromatic rings. The van der Waals surface area contributed by atoms with E-state index in [0.29, 0.717) is 36.2 Å². The van der Waals surface area contributed by atoms with Crippen LogP contribution < -0.4 is 29.8 Å². The van der Waals surface area contributed by atoms with Gasteiger partial charge in [-0.15, -0.1) is 0 Å². The van der Waals surface area contributed by atoms with Gasteiger partial charge in [0.2, 0.25) is 5.75 Å². The fraction of sp³-hybridized carbons (Fsp3) is 0.300. The Kier molecular flexibility index (Phi) is 5.88. The molecule has 0 aliphatic carbocycles. The maximum atomic E-state index is 12.4. The van der Waals surface area contributed by atoms with Crippen molar-refractivity contribution < 1.29 is 28.5 Å². The molecule has 0 bridgehead atoms. The van der Waals surface area contributed by atoms with E-state index in [9.17, 15) is 9.59 Å². The third-order valence-electron chi connectivity index (χ3n) is 4.16. The molecule has 2 amide bonds. The summed E-state index contributed by atoms with van der Waals surface area (Å²) in [4.78, 5) is 24.4. The molecule has 1 heterocycles. The van der Waals surface area contributed by atoms with Gasteiger partial charge in [-0.25, -0.2) is 0 Å². The molecule has 8 nitrogen and oxygen atoms in total. The monoisotopic (exact) mass is 386 g/mol. The summed E-state index contributed by atoms with van der Waals surface area (Å²) in [5.74, 6) is 0.903. The van der Waals surface area contributed by atoms with Crippen LogP contribution in [0.1, 0.15) is 21.5 Å². The number of methoxy groups -OCH3 is 1. The maximum Gasteiger partial charge on any atom is 0.276 e. The van der Waals surface area contributed by atoms with Crippen LogP contribution in [0.15, 0.2) is 30.3 Å². The largest absolute Gasteiger partial charge is 0.493 e. The summed E-state index contributed by atoms with van der Waals surface area (Å²) in [6.07, 6.45) is 0. The normalized spacial score (nSPS) is 12.1. The second kappa shape index (κ2) is 8.51. The lowest BCUT2D eigenvalue weighted by atomic mass is 10.1. The third kappa shape index (κ3) is 4.28. The van der Waals surface area contributed by atoms with Crippen molar-refractivity contribution in [3.63, 3.8) is 0 Å². The van der Waals surface area contributed by atoms with Crippen molar-refractivity contribution in [3.8, 4) is 23.0 Å². The van der Waals surface area contributed by atoms with Crippen LogP contribution in [0.25, 0.3) is 0 Å². The molecule has 0 aromatic heterocycles. The fourth-order valence-corrected chi connectivity index (χ4v) is 2.80. The van der Waals surface area contributed by atoms with E-state index in [1.165, 1.54) is 19.2 Å². The summed E-state index contributed by atoms with van der Waals surface area (Å²) in [6.45, 7) is 4.37. The molecule has 1 aliphatic rings. The molecule has 8 heteroatoms. The molecule has 0 unspecified atom stereocenters. The Morgan fingerprint density at radius 3 is 2.50 bits per heavy atom. The SMILES string of the molecule is COc1cc(C(=O)NNC(=O)COc2c(C)cccc2C)cc2c1OCCO2. The van der Waals surface area contributed by atoms with Gasteiger partial charge in [0, 0.05) is 5.56 Å². The van der Waals surface area contributed by atoms with E-state index in [2.05, 4.69) is 10.9 Å². The van der Waals surface area contributed by atoms with Gasteiger partial charge >= 0.3 is 0 Å². The average molecular weight is 386 g/mol. The van der Waals surface area contributed by atoms with Gasteiger partial charge in [0.05, 0.1) is 7.11 Å². The highest BCUT2D eigenvalue weighted by Crippen LogP contribution is 2.40. The number of nitrogens with one attached hydrogen (secondary N) is 2. The minimum absolute atomic E-state index is 0.226. The summed E-state index contributed by atoms with van der Waals surface area (Å²) in [6, 6.07) is 8.77. The zero-order valence-corrected chi connectivity index (χ0v) is 16.0. The number of aryl methyl sites for hydroxylation is 2. The third-order valence-corrected chi connectivity index (χ3v) is 4.16.